The van der Waals surface area contributed by atoms with Gasteiger partial charge in [0.25, 0.3) is 0 Å². The molecule has 3 nitrogen and oxygen atoms in total. The van der Waals surface area contributed by atoms with Gasteiger partial charge in [0.05, 0.1) is 11.4 Å². The van der Waals surface area contributed by atoms with Gasteiger partial charge in [0.15, 0.2) is 0 Å². The standard InChI is InChI=1S/C51H50N2O.Pt/c1-47(2,3)35-23-25-43-39(31-35)51(40-32-36(48(4,5)6)24-26-44(40)54-43)45-21-13-19-41(52-45)33-15-11-17-37(29-33)49(7)27-9-10-28-50(49,8)38-18-12-16-34(30-38)42-20-14-22-46(51)53-42;/h11-26,31-32H,9-10,27-28H2,1-8H3;/q-2;+2. The summed E-state index contributed by atoms with van der Waals surface area (Å²) in [4.78, 5) is 11.4. The molecule has 1 fully saturated rings. The predicted octanol–water partition coefficient (Wildman–Crippen LogP) is 12.6. The third kappa shape index (κ3) is 5.79. The number of hydrogen-bond acceptors (Lipinski definition) is 3. The van der Waals surface area contributed by atoms with Crippen LogP contribution in [0.3, 0.4) is 0 Å². The third-order valence-electron chi connectivity index (χ3n) is 13.1. The van der Waals surface area contributed by atoms with E-state index in [2.05, 4.69) is 177 Å². The van der Waals surface area contributed by atoms with Crippen LogP contribution in [-0.4, -0.2) is 9.97 Å². The smallest absolute Gasteiger partial charge is 0.457 e. The maximum absolute atomic E-state index is 6.89. The monoisotopic (exact) mass is 901 g/mol. The fourth-order valence-electron chi connectivity index (χ4n) is 9.54. The Morgan fingerprint density at radius 1 is 0.545 bits per heavy atom. The number of fused-ring (bicyclic) bond motifs is 19. The van der Waals surface area contributed by atoms with Crippen LogP contribution >= 0.6 is 0 Å². The Hall–Kier alpha value is -4.33. The van der Waals surface area contributed by atoms with E-state index in [1.54, 1.807) is 0 Å². The summed E-state index contributed by atoms with van der Waals surface area (Å²) in [6.45, 7) is 18.5. The summed E-state index contributed by atoms with van der Waals surface area (Å²) in [7, 11) is 0. The van der Waals surface area contributed by atoms with Crippen molar-refractivity contribution >= 4 is 0 Å². The largest absolute Gasteiger partial charge is 2.00 e. The van der Waals surface area contributed by atoms with Crippen LogP contribution in [-0.2, 0) is 48.1 Å². The van der Waals surface area contributed by atoms with Crippen LogP contribution in [0.15, 0.2) is 109 Å². The molecule has 9 rings (SSSR count). The Morgan fingerprint density at radius 2 is 0.964 bits per heavy atom. The molecule has 4 heteroatoms. The molecule has 0 saturated heterocycles. The van der Waals surface area contributed by atoms with E-state index in [4.69, 9.17) is 14.7 Å². The maximum Gasteiger partial charge on any atom is 2.00 e. The van der Waals surface area contributed by atoms with Crippen molar-refractivity contribution in [2.45, 2.75) is 108 Å². The van der Waals surface area contributed by atoms with E-state index in [9.17, 15) is 0 Å². The van der Waals surface area contributed by atoms with Crippen LogP contribution in [0.4, 0.5) is 0 Å². The molecule has 2 aliphatic heterocycles. The van der Waals surface area contributed by atoms with Crippen LogP contribution in [0.2, 0.25) is 0 Å². The van der Waals surface area contributed by atoms with Crippen LogP contribution in [0.1, 0.15) is 126 Å². The van der Waals surface area contributed by atoms with Crippen molar-refractivity contribution < 1.29 is 25.8 Å². The summed E-state index contributed by atoms with van der Waals surface area (Å²) < 4.78 is 6.89. The molecule has 2 aromatic heterocycles. The van der Waals surface area contributed by atoms with E-state index in [1.807, 2.05) is 0 Å². The van der Waals surface area contributed by atoms with E-state index in [1.165, 1.54) is 35.1 Å². The number of benzene rings is 4. The third-order valence-corrected chi connectivity index (χ3v) is 13.1. The molecule has 2 unspecified atom stereocenters. The summed E-state index contributed by atoms with van der Waals surface area (Å²) in [6, 6.07) is 47.7. The Bertz CT molecular complexity index is 2280. The zero-order valence-corrected chi connectivity index (χ0v) is 35.6. The second kappa shape index (κ2) is 13.1. The normalized spacial score (nSPS) is 20.7. The fraction of sp³-hybridized carbons (Fsp3) is 0.333. The predicted molar refractivity (Wildman–Crippen MR) is 220 cm³/mol. The Balaban J connectivity index is 0.00000427. The zero-order valence-electron chi connectivity index (χ0n) is 33.3. The second-order valence-corrected chi connectivity index (χ2v) is 18.4. The molecule has 0 amide bonds. The van der Waals surface area contributed by atoms with Crippen molar-refractivity contribution in [2.75, 3.05) is 0 Å². The molecule has 0 N–H and O–H groups in total. The minimum atomic E-state index is -0.904. The van der Waals surface area contributed by atoms with Gasteiger partial charge < -0.3 is 4.74 Å². The van der Waals surface area contributed by atoms with Crippen LogP contribution in [0, 0.1) is 12.1 Å². The molecule has 1 aliphatic carbocycles. The molecule has 4 heterocycles. The molecule has 8 bridgehead atoms. The van der Waals surface area contributed by atoms with Crippen molar-refractivity contribution in [3.63, 3.8) is 0 Å². The number of ether oxygens (including phenoxy) is 1. The summed E-state index contributed by atoms with van der Waals surface area (Å²) in [5.74, 6) is 1.65. The van der Waals surface area contributed by atoms with Crippen LogP contribution < -0.4 is 4.74 Å². The number of aromatic nitrogens is 2. The number of hydrogen-bond donors (Lipinski definition) is 0. The van der Waals surface area contributed by atoms with Gasteiger partial charge in [-0.15, -0.1) is 70.8 Å². The van der Waals surface area contributed by atoms with Gasteiger partial charge in [-0.25, -0.2) is 0 Å². The minimum Gasteiger partial charge on any atom is -0.457 e. The van der Waals surface area contributed by atoms with E-state index < -0.39 is 5.41 Å². The Labute approximate surface area is 342 Å². The zero-order chi connectivity index (χ0) is 37.7. The van der Waals surface area contributed by atoms with Gasteiger partial charge >= 0.3 is 21.1 Å². The first kappa shape index (κ1) is 37.6. The van der Waals surface area contributed by atoms with Crippen LogP contribution in [0.25, 0.3) is 22.5 Å². The van der Waals surface area contributed by atoms with Gasteiger partial charge in [-0.1, -0.05) is 105 Å². The average molecular weight is 902 g/mol. The molecule has 3 aliphatic rings. The van der Waals surface area contributed by atoms with Gasteiger partial charge in [-0.3, -0.25) is 9.97 Å². The van der Waals surface area contributed by atoms with Crippen molar-refractivity contribution in [1.82, 2.24) is 9.97 Å². The van der Waals surface area contributed by atoms with Gasteiger partial charge in [-0.05, 0) is 93.4 Å². The topological polar surface area (TPSA) is 35.0 Å². The van der Waals surface area contributed by atoms with Crippen molar-refractivity contribution in [2.24, 2.45) is 0 Å². The van der Waals surface area contributed by atoms with E-state index in [0.29, 0.717) is 0 Å². The molecule has 1 spiro atoms. The van der Waals surface area contributed by atoms with Gasteiger partial charge in [0.2, 0.25) is 0 Å². The fourth-order valence-corrected chi connectivity index (χ4v) is 9.54. The molecule has 4 aromatic carbocycles. The Morgan fingerprint density at radius 3 is 1.38 bits per heavy atom. The minimum absolute atomic E-state index is 0. The van der Waals surface area contributed by atoms with E-state index in [-0.39, 0.29) is 42.7 Å². The molecular formula is C51H50N2OPt. The Kier molecular flexibility index (Phi) is 8.97. The van der Waals surface area contributed by atoms with Crippen molar-refractivity contribution in [3.05, 3.63) is 166 Å². The SMILES string of the molecule is CC(C)(C)c1ccc2c(c1)C1(c3cccc(n3)-c3[c-]c(ccc3)C3(C)CCCCC3(C)c3[c-]c(ccc3)-c3cccc1n3)c1cc(C(C)(C)C)ccc1O2.[Pt+2]. The van der Waals surface area contributed by atoms with Gasteiger partial charge in [-0.2, -0.15) is 0 Å². The van der Waals surface area contributed by atoms with Gasteiger partial charge in [0.1, 0.15) is 16.9 Å². The number of rotatable bonds is 0. The average Bonchev–Trinajstić information content (AvgIpc) is 3.17. The molecule has 1 saturated carbocycles. The number of nitrogens with zero attached hydrogens (tertiary/aromatic N) is 2. The summed E-state index contributed by atoms with van der Waals surface area (Å²) in [5, 5.41) is 0. The molecule has 0 radical (unpaired) electrons. The van der Waals surface area contributed by atoms with Crippen molar-refractivity contribution in [1.29, 1.82) is 0 Å². The van der Waals surface area contributed by atoms with Crippen molar-refractivity contribution in [3.8, 4) is 34.0 Å². The summed E-state index contributed by atoms with van der Waals surface area (Å²) >= 11 is 0. The van der Waals surface area contributed by atoms with Crippen LogP contribution in [0.5, 0.6) is 11.5 Å². The molecule has 55 heavy (non-hydrogen) atoms. The van der Waals surface area contributed by atoms with Gasteiger partial charge in [0, 0.05) is 11.1 Å². The first-order valence-corrected chi connectivity index (χ1v) is 19.7. The molecule has 2 atom stereocenters. The first-order chi connectivity index (χ1) is 25.7. The molecule has 6 aromatic rings. The second-order valence-electron chi connectivity index (χ2n) is 18.4. The molecule has 280 valence electrons. The first-order valence-electron chi connectivity index (χ1n) is 19.7. The number of pyridine rings is 2. The quantitative estimate of drug-likeness (QED) is 0.142. The maximum atomic E-state index is 6.89. The van der Waals surface area contributed by atoms with E-state index in [0.717, 1.165) is 69.4 Å². The summed E-state index contributed by atoms with van der Waals surface area (Å²) in [5.41, 5.74) is 11.3. The molecular weight excluding hydrogens is 852 g/mol. The van der Waals surface area contributed by atoms with E-state index >= 15 is 0 Å². The summed E-state index contributed by atoms with van der Waals surface area (Å²) in [6.07, 6.45) is 4.56.